The summed E-state index contributed by atoms with van der Waals surface area (Å²) >= 11 is 0. The van der Waals surface area contributed by atoms with Crippen LogP contribution in [0.5, 0.6) is 0 Å². The fourth-order valence-electron chi connectivity index (χ4n) is 0.966. The summed E-state index contributed by atoms with van der Waals surface area (Å²) < 4.78 is 0. The highest BCUT2D eigenvalue weighted by atomic mass is 14.1. The lowest BCUT2D eigenvalue weighted by Crippen LogP contribution is -2.04. The first-order chi connectivity index (χ1) is 5.11. The first-order valence-electron chi connectivity index (χ1n) is 4.49. The molecular weight excluding hydrogens is 132 g/mol. The Morgan fingerprint density at radius 2 is 1.91 bits per heavy atom. The van der Waals surface area contributed by atoms with E-state index in [4.69, 9.17) is 0 Å². The first kappa shape index (κ1) is 10.5. The highest BCUT2D eigenvalue weighted by molar-refractivity contribution is 4.99. The van der Waals surface area contributed by atoms with E-state index >= 15 is 0 Å². The summed E-state index contributed by atoms with van der Waals surface area (Å²) in [7, 11) is 0. The van der Waals surface area contributed by atoms with E-state index in [0.29, 0.717) is 0 Å². The quantitative estimate of drug-likeness (QED) is 0.538. The van der Waals surface area contributed by atoms with Crippen LogP contribution in [0.15, 0.2) is 17.9 Å². The molecule has 1 atom stereocenters. The molecule has 0 heterocycles. The SMILES string of the molecule is C=C=C(CC)CC(C)C(C)C. The van der Waals surface area contributed by atoms with Gasteiger partial charge in [0, 0.05) is 0 Å². The standard InChI is InChI=1S/C11H20/c1-6-11(7-2)8-10(5)9(3)4/h9-10H,1,7-8H2,2-5H3. The van der Waals surface area contributed by atoms with Crippen molar-refractivity contribution in [3.05, 3.63) is 17.9 Å². The second kappa shape index (κ2) is 5.21. The second-order valence-corrected chi connectivity index (χ2v) is 3.56. The molecule has 1 unspecified atom stereocenters. The van der Waals surface area contributed by atoms with E-state index in [1.165, 1.54) is 5.57 Å². The normalized spacial score (nSPS) is 12.8. The molecule has 11 heavy (non-hydrogen) atoms. The van der Waals surface area contributed by atoms with E-state index in [0.717, 1.165) is 24.7 Å². The van der Waals surface area contributed by atoms with Crippen molar-refractivity contribution in [3.8, 4) is 0 Å². The maximum Gasteiger partial charge on any atom is -0.0216 e. The molecule has 0 rings (SSSR count). The molecule has 0 aromatic heterocycles. The first-order valence-corrected chi connectivity index (χ1v) is 4.49. The molecule has 0 nitrogen and oxygen atoms in total. The molecule has 0 aromatic carbocycles. The van der Waals surface area contributed by atoms with Crippen molar-refractivity contribution >= 4 is 0 Å². The van der Waals surface area contributed by atoms with Gasteiger partial charge in [0.2, 0.25) is 0 Å². The van der Waals surface area contributed by atoms with Crippen LogP contribution in [0, 0.1) is 11.8 Å². The summed E-state index contributed by atoms with van der Waals surface area (Å²) in [6.07, 6.45) is 2.26. The zero-order chi connectivity index (χ0) is 8.85. The fraction of sp³-hybridized carbons (Fsp3) is 0.727. The summed E-state index contributed by atoms with van der Waals surface area (Å²) in [6.45, 7) is 12.7. The monoisotopic (exact) mass is 152 g/mol. The maximum atomic E-state index is 3.68. The molecule has 0 bridgehead atoms. The minimum Gasteiger partial charge on any atom is -0.130 e. The van der Waals surface area contributed by atoms with Crippen molar-refractivity contribution in [2.24, 2.45) is 11.8 Å². The Morgan fingerprint density at radius 3 is 2.18 bits per heavy atom. The predicted octanol–water partition coefficient (Wildman–Crippen LogP) is 3.79. The Balaban J connectivity index is 3.92. The molecule has 0 fully saturated rings. The summed E-state index contributed by atoms with van der Waals surface area (Å²) in [5.41, 5.74) is 4.37. The summed E-state index contributed by atoms with van der Waals surface area (Å²) in [6, 6.07) is 0. The predicted molar refractivity (Wildman–Crippen MR) is 51.6 cm³/mol. The molecular formula is C11H20. The van der Waals surface area contributed by atoms with E-state index < -0.39 is 0 Å². The molecule has 0 saturated carbocycles. The number of allylic oxidation sites excluding steroid dienone is 1. The maximum absolute atomic E-state index is 3.68. The highest BCUT2D eigenvalue weighted by Gasteiger charge is 2.07. The summed E-state index contributed by atoms with van der Waals surface area (Å²) in [5, 5.41) is 0. The van der Waals surface area contributed by atoms with Crippen molar-refractivity contribution < 1.29 is 0 Å². The second-order valence-electron chi connectivity index (χ2n) is 3.56. The Bertz CT molecular complexity index is 147. The third kappa shape index (κ3) is 4.06. The Kier molecular flexibility index (Phi) is 4.98. The highest BCUT2D eigenvalue weighted by Crippen LogP contribution is 2.19. The molecule has 0 radical (unpaired) electrons. The molecule has 0 aliphatic rings. The van der Waals surface area contributed by atoms with E-state index in [1.54, 1.807) is 0 Å². The average molecular weight is 152 g/mol. The van der Waals surface area contributed by atoms with Crippen LogP contribution in [-0.4, -0.2) is 0 Å². The van der Waals surface area contributed by atoms with Crippen LogP contribution in [-0.2, 0) is 0 Å². The van der Waals surface area contributed by atoms with E-state index in [2.05, 4.69) is 40.0 Å². The molecule has 0 aliphatic carbocycles. The molecule has 0 N–H and O–H groups in total. The number of rotatable bonds is 4. The van der Waals surface area contributed by atoms with Crippen molar-refractivity contribution in [2.45, 2.75) is 40.5 Å². The van der Waals surface area contributed by atoms with Gasteiger partial charge in [0.05, 0.1) is 0 Å². The van der Waals surface area contributed by atoms with Crippen LogP contribution in [0.2, 0.25) is 0 Å². The third-order valence-corrected chi connectivity index (χ3v) is 2.38. The van der Waals surface area contributed by atoms with Crippen LogP contribution >= 0.6 is 0 Å². The van der Waals surface area contributed by atoms with Gasteiger partial charge in [-0.2, -0.15) is 0 Å². The van der Waals surface area contributed by atoms with Gasteiger partial charge in [0.25, 0.3) is 0 Å². The Morgan fingerprint density at radius 1 is 1.36 bits per heavy atom. The zero-order valence-electron chi connectivity index (χ0n) is 8.28. The van der Waals surface area contributed by atoms with E-state index in [1.807, 2.05) is 0 Å². The van der Waals surface area contributed by atoms with Crippen LogP contribution in [0.3, 0.4) is 0 Å². The molecule has 0 aliphatic heterocycles. The Labute approximate surface area is 71.0 Å². The van der Waals surface area contributed by atoms with Gasteiger partial charge >= 0.3 is 0 Å². The smallest absolute Gasteiger partial charge is 0.0216 e. The summed E-state index contributed by atoms with van der Waals surface area (Å²) in [5.74, 6) is 1.53. The molecule has 0 spiro atoms. The molecule has 0 saturated heterocycles. The van der Waals surface area contributed by atoms with Crippen molar-refractivity contribution in [3.63, 3.8) is 0 Å². The van der Waals surface area contributed by atoms with Crippen LogP contribution < -0.4 is 0 Å². The zero-order valence-corrected chi connectivity index (χ0v) is 8.28. The average Bonchev–Trinajstić information content (AvgIpc) is 1.99. The van der Waals surface area contributed by atoms with Crippen LogP contribution in [0.1, 0.15) is 40.5 Å². The van der Waals surface area contributed by atoms with Gasteiger partial charge in [-0.15, -0.1) is 5.73 Å². The van der Waals surface area contributed by atoms with Gasteiger partial charge in [-0.05, 0) is 30.3 Å². The topological polar surface area (TPSA) is 0 Å². The van der Waals surface area contributed by atoms with Gasteiger partial charge in [0.15, 0.2) is 0 Å². The fourth-order valence-corrected chi connectivity index (χ4v) is 0.966. The molecule has 64 valence electrons. The van der Waals surface area contributed by atoms with Crippen molar-refractivity contribution in [1.82, 2.24) is 0 Å². The van der Waals surface area contributed by atoms with Crippen molar-refractivity contribution in [1.29, 1.82) is 0 Å². The van der Waals surface area contributed by atoms with Gasteiger partial charge < -0.3 is 0 Å². The lowest BCUT2D eigenvalue weighted by molar-refractivity contribution is 0.413. The third-order valence-electron chi connectivity index (χ3n) is 2.38. The molecule has 0 heteroatoms. The minimum absolute atomic E-state index is 0.763. The minimum atomic E-state index is 0.763. The Hall–Kier alpha value is -0.480. The lowest BCUT2D eigenvalue weighted by Gasteiger charge is -2.15. The van der Waals surface area contributed by atoms with E-state index in [-0.39, 0.29) is 0 Å². The largest absolute Gasteiger partial charge is 0.130 e. The van der Waals surface area contributed by atoms with Gasteiger partial charge in [-0.25, -0.2) is 0 Å². The lowest BCUT2D eigenvalue weighted by atomic mass is 9.90. The van der Waals surface area contributed by atoms with Gasteiger partial charge in [-0.1, -0.05) is 34.3 Å². The number of hydrogen-bond acceptors (Lipinski definition) is 0. The number of hydrogen-bond donors (Lipinski definition) is 0. The molecule has 0 amide bonds. The molecule has 0 aromatic rings. The van der Waals surface area contributed by atoms with Gasteiger partial charge in [0.1, 0.15) is 0 Å². The summed E-state index contributed by atoms with van der Waals surface area (Å²) in [4.78, 5) is 0. The van der Waals surface area contributed by atoms with Gasteiger partial charge in [-0.3, -0.25) is 0 Å². The van der Waals surface area contributed by atoms with Crippen LogP contribution in [0.4, 0.5) is 0 Å². The van der Waals surface area contributed by atoms with Crippen LogP contribution in [0.25, 0.3) is 0 Å². The van der Waals surface area contributed by atoms with E-state index in [9.17, 15) is 0 Å². The van der Waals surface area contributed by atoms with Crippen molar-refractivity contribution in [2.75, 3.05) is 0 Å².